The van der Waals surface area contributed by atoms with Crippen LogP contribution in [-0.2, 0) is 14.8 Å². The van der Waals surface area contributed by atoms with Crippen molar-refractivity contribution in [1.29, 1.82) is 0 Å². The molecule has 11 heteroatoms. The molecule has 2 aliphatic heterocycles. The van der Waals surface area contributed by atoms with Gasteiger partial charge in [-0.15, -0.1) is 0 Å². The fourth-order valence-corrected chi connectivity index (χ4v) is 6.48. The van der Waals surface area contributed by atoms with E-state index >= 15 is 0 Å². The van der Waals surface area contributed by atoms with E-state index in [0.717, 1.165) is 36.6 Å². The topological polar surface area (TPSA) is 121 Å². The average Bonchev–Trinajstić information content (AvgIpc) is 3.39. The maximum Gasteiger partial charge on any atom is 0.263 e. The molecule has 2 heterocycles. The van der Waals surface area contributed by atoms with E-state index in [4.69, 9.17) is 14.5 Å². The Morgan fingerprint density at radius 2 is 1.74 bits per heavy atom. The summed E-state index contributed by atoms with van der Waals surface area (Å²) in [5.74, 6) is 1.18. The van der Waals surface area contributed by atoms with Crippen LogP contribution in [0.3, 0.4) is 0 Å². The molecule has 0 aliphatic carbocycles. The number of likely N-dealkylation sites (N-methyl/N-ethyl adjacent to an activating group) is 1. The number of carbonyl (C=O) groups excluding carboxylic acids is 1. The number of sulfonamides is 1. The highest BCUT2D eigenvalue weighted by Gasteiger charge is 2.28. The maximum atomic E-state index is 13.8. The molecule has 0 radical (unpaired) electrons. The first kappa shape index (κ1) is 30.1. The summed E-state index contributed by atoms with van der Waals surface area (Å²) in [6.07, 6.45) is 2.89. The van der Waals surface area contributed by atoms with Crippen molar-refractivity contribution in [2.75, 3.05) is 38.4 Å². The van der Waals surface area contributed by atoms with Gasteiger partial charge in [0.25, 0.3) is 10.0 Å². The second-order valence-corrected chi connectivity index (χ2v) is 12.3. The number of fused-ring (bicyclic) bond motifs is 1. The monoisotopic (exact) mass is 603 g/mol. The normalized spacial score (nSPS) is 17.0. The van der Waals surface area contributed by atoms with Gasteiger partial charge >= 0.3 is 0 Å². The number of benzene rings is 3. The second-order valence-electron chi connectivity index (χ2n) is 10.6. The fourth-order valence-electron chi connectivity index (χ4n) is 5.40. The number of likely N-dealkylation sites (tertiary alicyclic amines) is 1. The van der Waals surface area contributed by atoms with Crippen LogP contribution in [0.1, 0.15) is 32.6 Å². The van der Waals surface area contributed by atoms with Crippen LogP contribution in [-0.4, -0.2) is 53.1 Å². The van der Waals surface area contributed by atoms with Crippen molar-refractivity contribution in [2.45, 2.75) is 43.5 Å². The van der Waals surface area contributed by atoms with Gasteiger partial charge in [-0.1, -0.05) is 36.8 Å². The van der Waals surface area contributed by atoms with Crippen LogP contribution in [0.25, 0.3) is 5.57 Å². The van der Waals surface area contributed by atoms with Crippen molar-refractivity contribution in [3.63, 3.8) is 0 Å². The maximum absolute atomic E-state index is 13.8. The minimum atomic E-state index is -4.10. The lowest BCUT2D eigenvalue weighted by Gasteiger charge is -2.19. The second kappa shape index (κ2) is 12.9. The smallest absolute Gasteiger partial charge is 0.263 e. The number of carbonyl (C=O) groups is 1. The molecule has 1 fully saturated rings. The molecule has 0 aromatic heterocycles. The van der Waals surface area contributed by atoms with Gasteiger partial charge in [0.2, 0.25) is 5.91 Å². The summed E-state index contributed by atoms with van der Waals surface area (Å²) in [5.41, 5.74) is 2.74. The molecule has 0 bridgehead atoms. The molecule has 10 nitrogen and oxygen atoms in total. The Balaban J connectivity index is 1.52. The van der Waals surface area contributed by atoms with Crippen molar-refractivity contribution in [3.05, 3.63) is 88.8 Å². The summed E-state index contributed by atoms with van der Waals surface area (Å²) in [6, 6.07) is 19.1. The number of hydrogen-bond donors (Lipinski definition) is 3. The molecule has 1 amide bonds. The lowest BCUT2D eigenvalue weighted by Crippen LogP contribution is -2.37. The van der Waals surface area contributed by atoms with Gasteiger partial charge in [0.1, 0.15) is 11.5 Å². The zero-order valence-electron chi connectivity index (χ0n) is 24.8. The predicted octanol–water partition coefficient (Wildman–Crippen LogP) is 3.58. The summed E-state index contributed by atoms with van der Waals surface area (Å²) < 4.78 is 41.2. The minimum Gasteiger partial charge on any atom is -0.497 e. The fraction of sp³-hybridized carbons (Fsp3) is 0.312. The molecule has 1 saturated heterocycles. The molecule has 43 heavy (non-hydrogen) atoms. The average molecular weight is 604 g/mol. The molecule has 5 rings (SSSR count). The van der Waals surface area contributed by atoms with Crippen LogP contribution in [0.5, 0.6) is 11.5 Å². The van der Waals surface area contributed by atoms with E-state index in [1.165, 1.54) is 12.1 Å². The number of hydrogen-bond acceptors (Lipinski definition) is 8. The first-order chi connectivity index (χ1) is 20.7. The Labute approximate surface area is 252 Å². The molecule has 3 aromatic carbocycles. The number of nitrogens with one attached hydrogen (secondary N) is 3. The van der Waals surface area contributed by atoms with Crippen LogP contribution >= 0.6 is 0 Å². The molecule has 3 aromatic rings. The number of para-hydroxylation sites is 1. The number of methoxy groups -OCH3 is 2. The number of anilines is 2. The Kier molecular flexibility index (Phi) is 9.02. The summed E-state index contributed by atoms with van der Waals surface area (Å²) >= 11 is 0. The summed E-state index contributed by atoms with van der Waals surface area (Å²) in [6.45, 7) is 2.92. The summed E-state index contributed by atoms with van der Waals surface area (Å²) in [4.78, 5) is 19.7. The standard InChI is InChI=1S/C32H37N5O5S/c1-5-21-16-29(33-23-17-24(41-3)20-25(18-23)42-4)31(35-28-13-7-6-12-27(21)28)36-43(39,40)26-11-8-10-22(19-26)34-32(38)30-14-9-15-37(30)2/h6-8,10-13,17-20,30,33,36H,5,9,14-16H2,1-4H3,(H,34,38)/t30-/m0/s1. The summed E-state index contributed by atoms with van der Waals surface area (Å²) in [5, 5.41) is 7.89. The van der Waals surface area contributed by atoms with E-state index in [-0.39, 0.29) is 22.7 Å². The third kappa shape index (κ3) is 6.84. The summed E-state index contributed by atoms with van der Waals surface area (Å²) in [7, 11) is 0.952. The first-order valence-corrected chi connectivity index (χ1v) is 15.7. The van der Waals surface area contributed by atoms with Gasteiger partial charge in [0, 0.05) is 36.0 Å². The number of ether oxygens (including phenoxy) is 2. The number of allylic oxidation sites excluding steroid dienone is 1. The zero-order chi connectivity index (χ0) is 30.6. The minimum absolute atomic E-state index is 0.00685. The van der Waals surface area contributed by atoms with E-state index in [1.807, 2.05) is 36.2 Å². The largest absolute Gasteiger partial charge is 0.497 e. The van der Waals surface area contributed by atoms with E-state index in [0.29, 0.717) is 40.3 Å². The first-order valence-electron chi connectivity index (χ1n) is 14.2. The lowest BCUT2D eigenvalue weighted by molar-refractivity contribution is -0.119. The Hall–Kier alpha value is -4.35. The molecule has 226 valence electrons. The van der Waals surface area contributed by atoms with Crippen molar-refractivity contribution < 1.29 is 22.7 Å². The Morgan fingerprint density at radius 1 is 1.00 bits per heavy atom. The highest BCUT2D eigenvalue weighted by molar-refractivity contribution is 7.89. The van der Waals surface area contributed by atoms with Crippen LogP contribution in [0.2, 0.25) is 0 Å². The van der Waals surface area contributed by atoms with Gasteiger partial charge in [-0.3, -0.25) is 14.4 Å². The van der Waals surface area contributed by atoms with Gasteiger partial charge in [-0.25, -0.2) is 13.4 Å². The highest BCUT2D eigenvalue weighted by Crippen LogP contribution is 2.29. The van der Waals surface area contributed by atoms with E-state index in [2.05, 4.69) is 22.3 Å². The van der Waals surface area contributed by atoms with E-state index < -0.39 is 10.0 Å². The quantitative estimate of drug-likeness (QED) is 0.324. The zero-order valence-corrected chi connectivity index (χ0v) is 25.6. The van der Waals surface area contributed by atoms with Crippen LogP contribution < -0.4 is 35.4 Å². The SMILES string of the molecule is CCC1=c2ccccc2=NC(NS(=O)(=O)c2cccc(NC(=O)[C@@H]3CCCN3C)c2)=C(Nc2cc(OC)cc(OC)c2)C1. The molecule has 0 spiro atoms. The number of amides is 1. The molecule has 0 unspecified atom stereocenters. The van der Waals surface area contributed by atoms with E-state index in [9.17, 15) is 13.2 Å². The molecular formula is C32H37N5O5S. The van der Waals surface area contributed by atoms with Crippen molar-refractivity contribution >= 4 is 32.9 Å². The Bertz CT molecular complexity index is 1770. The predicted molar refractivity (Wildman–Crippen MR) is 167 cm³/mol. The van der Waals surface area contributed by atoms with Gasteiger partial charge in [-0.2, -0.15) is 0 Å². The van der Waals surface area contributed by atoms with Crippen molar-refractivity contribution in [3.8, 4) is 11.5 Å². The lowest BCUT2D eigenvalue weighted by atomic mass is 10.0. The van der Waals surface area contributed by atoms with Gasteiger partial charge in [-0.05, 0) is 62.3 Å². The Morgan fingerprint density at radius 3 is 2.42 bits per heavy atom. The highest BCUT2D eigenvalue weighted by atomic mass is 32.2. The molecule has 1 atom stereocenters. The van der Waals surface area contributed by atoms with Gasteiger partial charge in [0.05, 0.1) is 36.2 Å². The molecular weight excluding hydrogens is 566 g/mol. The van der Waals surface area contributed by atoms with Crippen LogP contribution in [0, 0.1) is 0 Å². The van der Waals surface area contributed by atoms with Crippen molar-refractivity contribution in [2.24, 2.45) is 4.99 Å². The molecule has 2 aliphatic rings. The van der Waals surface area contributed by atoms with E-state index in [1.54, 1.807) is 44.6 Å². The van der Waals surface area contributed by atoms with Crippen LogP contribution in [0.4, 0.5) is 11.4 Å². The van der Waals surface area contributed by atoms with Crippen molar-refractivity contribution in [1.82, 2.24) is 9.62 Å². The molecule has 3 N–H and O–H groups in total. The third-order valence-corrected chi connectivity index (χ3v) is 9.07. The number of rotatable bonds is 10. The molecule has 0 saturated carbocycles. The van der Waals surface area contributed by atoms with Gasteiger partial charge < -0.3 is 20.1 Å². The number of nitrogens with zero attached hydrogens (tertiary/aromatic N) is 2. The van der Waals surface area contributed by atoms with Gasteiger partial charge in [0.15, 0.2) is 5.82 Å². The van der Waals surface area contributed by atoms with Crippen LogP contribution in [0.15, 0.2) is 88.1 Å². The third-order valence-electron chi connectivity index (χ3n) is 7.73.